The number of hydrogen-bond donors (Lipinski definition) is 1. The molecule has 2 aliphatic rings. The fourth-order valence-electron chi connectivity index (χ4n) is 3.84. The molecule has 3 atom stereocenters. The molecule has 3 rings (SSSR count). The lowest BCUT2D eigenvalue weighted by Gasteiger charge is -2.40. The minimum absolute atomic E-state index is 0.0205. The van der Waals surface area contributed by atoms with E-state index in [0.29, 0.717) is 0 Å². The first kappa shape index (κ1) is 18.5. The molecule has 0 spiro atoms. The second kappa shape index (κ2) is 7.56. The summed E-state index contributed by atoms with van der Waals surface area (Å²) >= 11 is 0. The maximum absolute atomic E-state index is 12.6. The number of benzene rings is 1. The number of amides is 2. The molecule has 6 nitrogen and oxygen atoms in total. The molecule has 6 heteroatoms. The topological polar surface area (TPSA) is 67.9 Å². The van der Waals surface area contributed by atoms with Crippen molar-refractivity contribution in [2.75, 3.05) is 0 Å². The van der Waals surface area contributed by atoms with Gasteiger partial charge in [-0.1, -0.05) is 30.3 Å². The highest BCUT2D eigenvalue weighted by Crippen LogP contribution is 2.36. The van der Waals surface area contributed by atoms with Crippen LogP contribution in [-0.2, 0) is 16.1 Å². The van der Waals surface area contributed by atoms with Gasteiger partial charge in [0.05, 0.1) is 12.1 Å². The van der Waals surface area contributed by atoms with Crippen molar-refractivity contribution in [2.24, 2.45) is 0 Å². The Bertz CT molecular complexity index is 641. The molecule has 26 heavy (non-hydrogen) atoms. The van der Waals surface area contributed by atoms with Crippen molar-refractivity contribution in [3.05, 3.63) is 35.9 Å². The van der Waals surface area contributed by atoms with Crippen molar-refractivity contribution >= 4 is 12.2 Å². The molecule has 2 aliphatic heterocycles. The second-order valence-electron chi connectivity index (χ2n) is 8.08. The van der Waals surface area contributed by atoms with Crippen LogP contribution >= 0.6 is 0 Å². The van der Waals surface area contributed by atoms with Gasteiger partial charge in [0.25, 0.3) is 0 Å². The number of fused-ring (bicyclic) bond motifs is 2. The number of carbonyl (C=O) groups excluding carboxylic acids is 2. The molecule has 1 aromatic rings. The Kier molecular flexibility index (Phi) is 5.39. The number of rotatable bonds is 3. The minimum Gasteiger partial charge on any atom is -0.445 e. The van der Waals surface area contributed by atoms with E-state index in [1.165, 1.54) is 0 Å². The zero-order valence-electron chi connectivity index (χ0n) is 15.7. The van der Waals surface area contributed by atoms with E-state index in [4.69, 9.17) is 9.47 Å². The molecule has 0 aliphatic carbocycles. The van der Waals surface area contributed by atoms with Crippen LogP contribution in [0.5, 0.6) is 0 Å². The van der Waals surface area contributed by atoms with Gasteiger partial charge in [0.2, 0.25) is 0 Å². The van der Waals surface area contributed by atoms with E-state index in [9.17, 15) is 9.59 Å². The molecule has 0 saturated carbocycles. The SMILES string of the molecule is CC(C)(C)OC(=O)N1C2CCC(NC(=O)OCc3ccccc3)C1CC2. The van der Waals surface area contributed by atoms with Crippen LogP contribution < -0.4 is 5.32 Å². The zero-order valence-corrected chi connectivity index (χ0v) is 15.7. The molecular formula is C20H28N2O4. The van der Waals surface area contributed by atoms with E-state index in [0.717, 1.165) is 31.2 Å². The number of ether oxygens (including phenoxy) is 2. The highest BCUT2D eigenvalue weighted by molar-refractivity contribution is 5.71. The summed E-state index contributed by atoms with van der Waals surface area (Å²) in [5.74, 6) is 0. The molecular weight excluding hydrogens is 332 g/mol. The van der Waals surface area contributed by atoms with Gasteiger partial charge in [0.15, 0.2) is 0 Å². The van der Waals surface area contributed by atoms with Crippen LogP contribution in [0.4, 0.5) is 9.59 Å². The normalized spacial score (nSPS) is 24.9. The first-order valence-corrected chi connectivity index (χ1v) is 9.32. The van der Waals surface area contributed by atoms with E-state index >= 15 is 0 Å². The summed E-state index contributed by atoms with van der Waals surface area (Å²) in [6, 6.07) is 9.68. The van der Waals surface area contributed by atoms with Crippen LogP contribution in [0.3, 0.4) is 0 Å². The average molecular weight is 360 g/mol. The summed E-state index contributed by atoms with van der Waals surface area (Å²) in [6.07, 6.45) is 2.85. The number of nitrogens with zero attached hydrogens (tertiary/aromatic N) is 1. The number of nitrogens with one attached hydrogen (secondary N) is 1. The number of carbonyl (C=O) groups is 2. The minimum atomic E-state index is -0.522. The van der Waals surface area contributed by atoms with Gasteiger partial charge < -0.3 is 19.7 Å². The van der Waals surface area contributed by atoms with Gasteiger partial charge in [0, 0.05) is 6.04 Å². The Balaban J connectivity index is 1.56. The molecule has 3 unspecified atom stereocenters. The smallest absolute Gasteiger partial charge is 0.410 e. The predicted molar refractivity (Wildman–Crippen MR) is 97.7 cm³/mol. The lowest BCUT2D eigenvalue weighted by molar-refractivity contribution is 0.00239. The van der Waals surface area contributed by atoms with E-state index in [1.54, 1.807) is 0 Å². The van der Waals surface area contributed by atoms with Crippen molar-refractivity contribution in [3.8, 4) is 0 Å². The third-order valence-corrected chi connectivity index (χ3v) is 4.94. The summed E-state index contributed by atoms with van der Waals surface area (Å²) in [4.78, 5) is 26.6. The molecule has 2 bridgehead atoms. The Hall–Kier alpha value is -2.24. The van der Waals surface area contributed by atoms with Crippen molar-refractivity contribution in [3.63, 3.8) is 0 Å². The van der Waals surface area contributed by atoms with Crippen LogP contribution in [0.25, 0.3) is 0 Å². The lowest BCUT2D eigenvalue weighted by atomic mass is 9.98. The van der Waals surface area contributed by atoms with Gasteiger partial charge in [-0.05, 0) is 52.0 Å². The Morgan fingerprint density at radius 2 is 1.81 bits per heavy atom. The third kappa shape index (κ3) is 4.48. The van der Waals surface area contributed by atoms with Gasteiger partial charge in [-0.15, -0.1) is 0 Å². The van der Waals surface area contributed by atoms with Gasteiger partial charge in [-0.3, -0.25) is 0 Å². The summed E-state index contributed by atoms with van der Waals surface area (Å²) in [5.41, 5.74) is 0.425. The predicted octanol–water partition coefficient (Wildman–Crippen LogP) is 3.84. The van der Waals surface area contributed by atoms with Crippen molar-refractivity contribution < 1.29 is 19.1 Å². The van der Waals surface area contributed by atoms with Gasteiger partial charge in [-0.2, -0.15) is 0 Å². The number of piperidine rings is 1. The molecule has 2 heterocycles. The Labute approximate surface area is 154 Å². The Morgan fingerprint density at radius 1 is 1.12 bits per heavy atom. The molecule has 142 valence electrons. The van der Waals surface area contributed by atoms with Crippen molar-refractivity contribution in [2.45, 2.75) is 76.8 Å². The fraction of sp³-hybridized carbons (Fsp3) is 0.600. The van der Waals surface area contributed by atoms with Crippen LogP contribution in [0.1, 0.15) is 52.0 Å². The van der Waals surface area contributed by atoms with Crippen LogP contribution in [-0.4, -0.2) is 40.8 Å². The lowest BCUT2D eigenvalue weighted by Crippen LogP contribution is -2.57. The molecule has 1 aromatic carbocycles. The average Bonchev–Trinajstić information content (AvgIpc) is 2.91. The summed E-state index contributed by atoms with van der Waals surface area (Å²) in [6.45, 7) is 5.84. The summed E-state index contributed by atoms with van der Waals surface area (Å²) in [7, 11) is 0. The Morgan fingerprint density at radius 3 is 2.50 bits per heavy atom. The van der Waals surface area contributed by atoms with Crippen LogP contribution in [0.2, 0.25) is 0 Å². The van der Waals surface area contributed by atoms with Crippen molar-refractivity contribution in [1.82, 2.24) is 10.2 Å². The fourth-order valence-corrected chi connectivity index (χ4v) is 3.84. The monoisotopic (exact) mass is 360 g/mol. The van der Waals surface area contributed by atoms with Crippen molar-refractivity contribution in [1.29, 1.82) is 0 Å². The highest BCUT2D eigenvalue weighted by Gasteiger charge is 2.46. The van der Waals surface area contributed by atoms with Crippen LogP contribution in [0.15, 0.2) is 30.3 Å². The highest BCUT2D eigenvalue weighted by atomic mass is 16.6. The van der Waals surface area contributed by atoms with E-state index in [-0.39, 0.29) is 30.8 Å². The van der Waals surface area contributed by atoms with E-state index in [1.807, 2.05) is 56.0 Å². The molecule has 2 saturated heterocycles. The quantitative estimate of drug-likeness (QED) is 0.889. The van der Waals surface area contributed by atoms with Gasteiger partial charge in [-0.25, -0.2) is 9.59 Å². The number of hydrogen-bond acceptors (Lipinski definition) is 4. The first-order chi connectivity index (χ1) is 12.3. The van der Waals surface area contributed by atoms with E-state index in [2.05, 4.69) is 5.32 Å². The summed E-state index contributed by atoms with van der Waals surface area (Å²) in [5, 5.41) is 2.95. The standard InChI is InChI=1S/C20H28N2O4/c1-20(2,3)26-19(24)22-15-9-11-16(17(22)12-10-15)21-18(23)25-13-14-7-5-4-6-8-14/h4-8,15-17H,9-13H2,1-3H3,(H,21,23). The third-order valence-electron chi connectivity index (χ3n) is 4.94. The molecule has 1 N–H and O–H groups in total. The molecule has 0 radical (unpaired) electrons. The first-order valence-electron chi connectivity index (χ1n) is 9.32. The number of alkyl carbamates (subject to hydrolysis) is 1. The zero-order chi connectivity index (χ0) is 18.7. The largest absolute Gasteiger partial charge is 0.445 e. The summed E-state index contributed by atoms with van der Waals surface area (Å²) < 4.78 is 10.9. The van der Waals surface area contributed by atoms with Crippen LogP contribution in [0, 0.1) is 0 Å². The second-order valence-corrected chi connectivity index (χ2v) is 8.08. The molecule has 2 amide bonds. The van der Waals surface area contributed by atoms with Gasteiger partial charge >= 0.3 is 12.2 Å². The molecule has 0 aromatic heterocycles. The maximum Gasteiger partial charge on any atom is 0.410 e. The van der Waals surface area contributed by atoms with E-state index < -0.39 is 11.7 Å². The molecule has 2 fully saturated rings. The van der Waals surface area contributed by atoms with Gasteiger partial charge in [0.1, 0.15) is 12.2 Å². The maximum atomic E-state index is 12.6.